The summed E-state index contributed by atoms with van der Waals surface area (Å²) in [5, 5.41) is 2.28. The van der Waals surface area contributed by atoms with E-state index in [4.69, 9.17) is 9.15 Å². The number of fused-ring (bicyclic) bond motifs is 1. The molecule has 0 radical (unpaired) electrons. The predicted molar refractivity (Wildman–Crippen MR) is 107 cm³/mol. The fraction of sp³-hybridized carbons (Fsp3) is 0.130. The number of amides is 1. The minimum atomic E-state index is -0.172. The highest BCUT2D eigenvalue weighted by molar-refractivity contribution is 5.91. The van der Waals surface area contributed by atoms with Gasteiger partial charge >= 0.3 is 0 Å². The van der Waals surface area contributed by atoms with Crippen LogP contribution in [0.2, 0.25) is 0 Å². The Morgan fingerprint density at radius 1 is 1.00 bits per heavy atom. The predicted octanol–water partition coefficient (Wildman–Crippen LogP) is 4.68. The number of pyridine rings is 1. The summed E-state index contributed by atoms with van der Waals surface area (Å²) in [6, 6.07) is 21.3. The SMILES string of the molecule is CN(Cc1ccncc1)C(=O)c1ccc(COc2ccc3ccccc3c2)o1. The zero-order valence-electron chi connectivity index (χ0n) is 15.5. The number of furan rings is 1. The molecule has 28 heavy (non-hydrogen) atoms. The maximum absolute atomic E-state index is 12.6. The molecular weight excluding hydrogens is 352 g/mol. The second-order valence-corrected chi connectivity index (χ2v) is 6.58. The third kappa shape index (κ3) is 4.04. The monoisotopic (exact) mass is 372 g/mol. The summed E-state index contributed by atoms with van der Waals surface area (Å²) in [7, 11) is 1.75. The van der Waals surface area contributed by atoms with Crippen LogP contribution in [0.15, 0.2) is 83.5 Å². The number of ether oxygens (including phenoxy) is 1. The molecule has 5 heteroatoms. The van der Waals surface area contributed by atoms with Crippen molar-refractivity contribution in [1.29, 1.82) is 0 Å². The lowest BCUT2D eigenvalue weighted by molar-refractivity contribution is 0.0749. The van der Waals surface area contributed by atoms with E-state index in [1.54, 1.807) is 36.5 Å². The van der Waals surface area contributed by atoms with Gasteiger partial charge in [0.25, 0.3) is 5.91 Å². The molecule has 0 saturated carbocycles. The maximum atomic E-state index is 12.6. The van der Waals surface area contributed by atoms with Crippen molar-refractivity contribution >= 4 is 16.7 Å². The van der Waals surface area contributed by atoms with Crippen LogP contribution in [0.1, 0.15) is 21.9 Å². The molecule has 2 aromatic heterocycles. The summed E-state index contributed by atoms with van der Waals surface area (Å²) in [6.07, 6.45) is 3.42. The number of nitrogens with zero attached hydrogens (tertiary/aromatic N) is 2. The Labute approximate surface area is 163 Å². The van der Waals surface area contributed by atoms with Crippen LogP contribution in [0.25, 0.3) is 10.8 Å². The van der Waals surface area contributed by atoms with E-state index in [-0.39, 0.29) is 12.5 Å². The largest absolute Gasteiger partial charge is 0.486 e. The lowest BCUT2D eigenvalue weighted by atomic mass is 10.1. The molecule has 5 nitrogen and oxygen atoms in total. The number of hydrogen-bond donors (Lipinski definition) is 0. The van der Waals surface area contributed by atoms with Crippen molar-refractivity contribution in [2.24, 2.45) is 0 Å². The Kier molecular flexibility index (Phi) is 5.06. The zero-order valence-corrected chi connectivity index (χ0v) is 15.5. The zero-order chi connectivity index (χ0) is 19.3. The molecular formula is C23H20N2O3. The minimum Gasteiger partial charge on any atom is -0.486 e. The molecule has 0 saturated heterocycles. The Bertz CT molecular complexity index is 1090. The fourth-order valence-corrected chi connectivity index (χ4v) is 3.00. The lowest BCUT2D eigenvalue weighted by Crippen LogP contribution is -2.25. The van der Waals surface area contributed by atoms with Crippen LogP contribution in [-0.4, -0.2) is 22.8 Å². The molecule has 0 N–H and O–H groups in total. The quantitative estimate of drug-likeness (QED) is 0.493. The first-order valence-corrected chi connectivity index (χ1v) is 9.04. The van der Waals surface area contributed by atoms with Crippen LogP contribution in [0.5, 0.6) is 5.75 Å². The Morgan fingerprint density at radius 3 is 2.61 bits per heavy atom. The molecule has 1 amide bonds. The van der Waals surface area contributed by atoms with Crippen LogP contribution in [0.4, 0.5) is 0 Å². The van der Waals surface area contributed by atoms with Gasteiger partial charge in [0, 0.05) is 26.0 Å². The number of aromatic nitrogens is 1. The van der Waals surface area contributed by atoms with Crippen molar-refractivity contribution in [2.45, 2.75) is 13.2 Å². The second kappa shape index (κ2) is 7.96. The van der Waals surface area contributed by atoms with E-state index < -0.39 is 0 Å². The molecule has 0 aliphatic heterocycles. The fourth-order valence-electron chi connectivity index (χ4n) is 3.00. The summed E-state index contributed by atoms with van der Waals surface area (Å²) in [5.41, 5.74) is 1.01. The smallest absolute Gasteiger partial charge is 0.289 e. The van der Waals surface area contributed by atoms with Crippen LogP contribution in [0, 0.1) is 0 Å². The Balaban J connectivity index is 1.38. The second-order valence-electron chi connectivity index (χ2n) is 6.58. The summed E-state index contributed by atoms with van der Waals surface area (Å²) >= 11 is 0. The molecule has 0 spiro atoms. The molecule has 2 heterocycles. The van der Waals surface area contributed by atoms with Crippen molar-refractivity contribution in [3.63, 3.8) is 0 Å². The first-order valence-electron chi connectivity index (χ1n) is 9.04. The topological polar surface area (TPSA) is 55.6 Å². The van der Waals surface area contributed by atoms with Crippen LogP contribution >= 0.6 is 0 Å². The minimum absolute atomic E-state index is 0.172. The molecule has 0 aliphatic carbocycles. The molecule has 0 unspecified atom stereocenters. The van der Waals surface area contributed by atoms with E-state index in [0.717, 1.165) is 22.1 Å². The van der Waals surface area contributed by atoms with Gasteiger partial charge in [-0.2, -0.15) is 0 Å². The number of rotatable bonds is 6. The van der Waals surface area contributed by atoms with E-state index in [2.05, 4.69) is 11.1 Å². The van der Waals surface area contributed by atoms with E-state index in [1.165, 1.54) is 0 Å². The Morgan fingerprint density at radius 2 is 1.79 bits per heavy atom. The first kappa shape index (κ1) is 17.8. The van der Waals surface area contributed by atoms with E-state index in [9.17, 15) is 4.79 Å². The molecule has 0 bridgehead atoms. The van der Waals surface area contributed by atoms with E-state index in [0.29, 0.717) is 18.1 Å². The molecule has 4 aromatic rings. The molecule has 140 valence electrons. The highest BCUT2D eigenvalue weighted by atomic mass is 16.5. The van der Waals surface area contributed by atoms with Crippen molar-refractivity contribution in [3.05, 3.63) is 96.2 Å². The molecule has 0 fully saturated rings. The van der Waals surface area contributed by atoms with Gasteiger partial charge in [-0.05, 0) is 52.7 Å². The van der Waals surface area contributed by atoms with Crippen molar-refractivity contribution in [3.8, 4) is 5.75 Å². The molecule has 0 atom stereocenters. The average molecular weight is 372 g/mol. The normalized spacial score (nSPS) is 10.8. The van der Waals surface area contributed by atoms with Crippen molar-refractivity contribution in [2.75, 3.05) is 7.05 Å². The number of benzene rings is 2. The third-order valence-electron chi connectivity index (χ3n) is 4.49. The Hall–Kier alpha value is -3.60. The van der Waals surface area contributed by atoms with Crippen LogP contribution < -0.4 is 4.74 Å². The molecule has 4 rings (SSSR count). The summed E-state index contributed by atoms with van der Waals surface area (Å²) in [5.74, 6) is 1.49. The van der Waals surface area contributed by atoms with E-state index >= 15 is 0 Å². The summed E-state index contributed by atoms with van der Waals surface area (Å²) in [6.45, 7) is 0.755. The lowest BCUT2D eigenvalue weighted by Gasteiger charge is -2.15. The van der Waals surface area contributed by atoms with E-state index in [1.807, 2.05) is 48.5 Å². The summed E-state index contributed by atoms with van der Waals surface area (Å²) < 4.78 is 11.5. The van der Waals surface area contributed by atoms with Gasteiger partial charge in [-0.15, -0.1) is 0 Å². The van der Waals surface area contributed by atoms with Gasteiger partial charge in [-0.25, -0.2) is 0 Å². The maximum Gasteiger partial charge on any atom is 0.289 e. The first-order chi connectivity index (χ1) is 13.7. The van der Waals surface area contributed by atoms with Crippen molar-refractivity contribution < 1.29 is 13.9 Å². The van der Waals surface area contributed by atoms with Crippen molar-refractivity contribution in [1.82, 2.24) is 9.88 Å². The number of hydrogen-bond acceptors (Lipinski definition) is 4. The molecule has 2 aromatic carbocycles. The van der Waals surface area contributed by atoms with Gasteiger partial charge < -0.3 is 14.1 Å². The number of carbonyl (C=O) groups is 1. The van der Waals surface area contributed by atoms with Gasteiger partial charge in [-0.1, -0.05) is 30.3 Å². The highest BCUT2D eigenvalue weighted by Crippen LogP contribution is 2.22. The summed E-state index contributed by atoms with van der Waals surface area (Å²) in [4.78, 5) is 18.2. The molecule has 0 aliphatic rings. The highest BCUT2D eigenvalue weighted by Gasteiger charge is 2.16. The third-order valence-corrected chi connectivity index (χ3v) is 4.49. The van der Waals surface area contributed by atoms with Crippen LogP contribution in [-0.2, 0) is 13.2 Å². The average Bonchev–Trinajstić information content (AvgIpc) is 3.21. The van der Waals surface area contributed by atoms with Crippen LogP contribution in [0.3, 0.4) is 0 Å². The van der Waals surface area contributed by atoms with Gasteiger partial charge in [0.15, 0.2) is 5.76 Å². The van der Waals surface area contributed by atoms with Gasteiger partial charge in [0.2, 0.25) is 0 Å². The van der Waals surface area contributed by atoms with Gasteiger partial charge in [0.1, 0.15) is 18.1 Å². The standard InChI is InChI=1S/C23H20N2O3/c1-25(15-17-10-12-24-13-11-17)23(26)22-9-8-21(28-22)16-27-20-7-6-18-4-2-3-5-19(18)14-20/h2-14H,15-16H2,1H3. The number of carbonyl (C=O) groups excluding carboxylic acids is 1. The van der Waals surface area contributed by atoms with Gasteiger partial charge in [-0.3, -0.25) is 9.78 Å². The van der Waals surface area contributed by atoms with Gasteiger partial charge in [0.05, 0.1) is 0 Å².